The molecule has 3 rings (SSSR count). The Morgan fingerprint density at radius 2 is 1.38 bits per heavy atom. The number of hydrogen-bond donors (Lipinski definition) is 1. The second-order valence-corrected chi connectivity index (χ2v) is 7.65. The minimum Gasteiger partial charge on any atom is -0.481 e. The first-order valence-corrected chi connectivity index (χ1v) is 10.6. The van der Waals surface area contributed by atoms with E-state index in [9.17, 15) is 28.8 Å². The van der Waals surface area contributed by atoms with Crippen LogP contribution in [-0.2, 0) is 30.4 Å². The molecule has 1 N–H and O–H groups in total. The number of hydrogen-bond acceptors (Lipinski definition) is 11. The number of benzene rings is 2. The van der Waals surface area contributed by atoms with Gasteiger partial charge in [0.05, 0.1) is 6.42 Å². The summed E-state index contributed by atoms with van der Waals surface area (Å²) in [5.74, 6) is -5.71. The highest BCUT2D eigenvalue weighted by molar-refractivity contribution is 5.92. The first-order valence-electron chi connectivity index (χ1n) is 10.6. The van der Waals surface area contributed by atoms with Gasteiger partial charge in [-0.2, -0.15) is 0 Å². The second kappa shape index (κ2) is 10.7. The molecule has 12 nitrogen and oxygen atoms in total. The van der Waals surface area contributed by atoms with Crippen LogP contribution in [0.1, 0.15) is 33.3 Å². The molecule has 0 aliphatic carbocycles. The molecule has 0 saturated carbocycles. The standard InChI is InChI=1S/C25H20O12/c1-11(26)33-17-9-19(35-13(3)28)22-20(10-17)37-24(25(23(22)32)36-14(4)29)16-6-5-15(8-21(30)31)18(7-16)34-12(2)27/h5-7,9-10H,8H2,1-4H3,(H,30,31). The Hall–Kier alpha value is -5.00. The van der Waals surface area contributed by atoms with Gasteiger partial charge in [-0.05, 0) is 6.07 Å². The Morgan fingerprint density at radius 1 is 0.784 bits per heavy atom. The zero-order valence-electron chi connectivity index (χ0n) is 20.0. The average molecular weight is 512 g/mol. The summed E-state index contributed by atoms with van der Waals surface area (Å²) in [5, 5.41) is 8.87. The van der Waals surface area contributed by atoms with Crippen LogP contribution in [0.15, 0.2) is 39.5 Å². The lowest BCUT2D eigenvalue weighted by Gasteiger charge is -2.14. The van der Waals surface area contributed by atoms with Crippen molar-refractivity contribution >= 4 is 40.8 Å². The number of ether oxygens (including phenoxy) is 4. The smallest absolute Gasteiger partial charge is 0.308 e. The zero-order chi connectivity index (χ0) is 27.4. The van der Waals surface area contributed by atoms with E-state index in [0.29, 0.717) is 0 Å². The van der Waals surface area contributed by atoms with Gasteiger partial charge in [-0.3, -0.25) is 28.8 Å². The Labute approximate surface area is 208 Å². The quantitative estimate of drug-likeness (QED) is 0.363. The predicted octanol–water partition coefficient (Wildman–Crippen LogP) is 2.79. The van der Waals surface area contributed by atoms with Gasteiger partial charge in [0.25, 0.3) is 0 Å². The fourth-order valence-electron chi connectivity index (χ4n) is 3.38. The number of esters is 4. The predicted molar refractivity (Wildman–Crippen MR) is 124 cm³/mol. The number of carboxylic acid groups (broad SMARTS) is 1. The molecule has 0 unspecified atom stereocenters. The molecular formula is C25H20O12. The first-order chi connectivity index (χ1) is 17.3. The van der Waals surface area contributed by atoms with Crippen molar-refractivity contribution in [2.45, 2.75) is 34.1 Å². The first kappa shape index (κ1) is 26.6. The molecule has 3 aromatic rings. The number of aliphatic carboxylic acids is 1. The third-order valence-electron chi connectivity index (χ3n) is 4.58. The van der Waals surface area contributed by atoms with Crippen molar-refractivity contribution in [3.8, 4) is 34.3 Å². The summed E-state index contributed by atoms with van der Waals surface area (Å²) in [6.45, 7) is 4.38. The molecule has 0 atom stereocenters. The van der Waals surface area contributed by atoms with E-state index in [-0.39, 0.29) is 45.1 Å². The highest BCUT2D eigenvalue weighted by Crippen LogP contribution is 2.38. The molecule has 0 amide bonds. The van der Waals surface area contributed by atoms with Crippen molar-refractivity contribution in [1.82, 2.24) is 0 Å². The van der Waals surface area contributed by atoms with Gasteiger partial charge in [-0.25, -0.2) is 0 Å². The second-order valence-electron chi connectivity index (χ2n) is 7.65. The molecule has 37 heavy (non-hydrogen) atoms. The molecule has 0 saturated heterocycles. The molecule has 192 valence electrons. The maximum absolute atomic E-state index is 13.5. The van der Waals surface area contributed by atoms with Gasteiger partial charge in [0.2, 0.25) is 11.2 Å². The molecule has 1 heterocycles. The van der Waals surface area contributed by atoms with Gasteiger partial charge < -0.3 is 28.5 Å². The SMILES string of the molecule is CC(=O)Oc1cc(OC(C)=O)c2c(=O)c(OC(C)=O)c(-c3ccc(CC(=O)O)c(OC(C)=O)c3)oc2c1. The van der Waals surface area contributed by atoms with Gasteiger partial charge >= 0.3 is 29.8 Å². The lowest BCUT2D eigenvalue weighted by atomic mass is 10.0. The summed E-state index contributed by atoms with van der Waals surface area (Å²) in [6, 6.07) is 6.25. The molecule has 0 radical (unpaired) electrons. The van der Waals surface area contributed by atoms with E-state index < -0.39 is 47.4 Å². The van der Waals surface area contributed by atoms with E-state index in [4.69, 9.17) is 28.5 Å². The van der Waals surface area contributed by atoms with Gasteiger partial charge in [-0.1, -0.05) is 12.1 Å². The third-order valence-corrected chi connectivity index (χ3v) is 4.58. The summed E-state index contributed by atoms with van der Waals surface area (Å²) in [5.41, 5.74) is -0.874. The van der Waals surface area contributed by atoms with Gasteiger partial charge in [-0.15, -0.1) is 0 Å². The molecule has 0 aliphatic heterocycles. The fraction of sp³-hybridized carbons (Fsp3) is 0.200. The maximum atomic E-state index is 13.5. The monoisotopic (exact) mass is 512 g/mol. The van der Waals surface area contributed by atoms with E-state index in [2.05, 4.69) is 0 Å². The molecule has 1 aromatic heterocycles. The number of carbonyl (C=O) groups is 5. The van der Waals surface area contributed by atoms with E-state index in [1.807, 2.05) is 0 Å². The van der Waals surface area contributed by atoms with Gasteiger partial charge in [0.1, 0.15) is 28.2 Å². The molecule has 0 bridgehead atoms. The summed E-state index contributed by atoms with van der Waals surface area (Å²) >= 11 is 0. The van der Waals surface area contributed by atoms with Crippen LogP contribution in [-0.4, -0.2) is 35.0 Å². The van der Waals surface area contributed by atoms with Crippen LogP contribution < -0.4 is 24.4 Å². The third kappa shape index (κ3) is 6.36. The van der Waals surface area contributed by atoms with Crippen LogP contribution in [0, 0.1) is 0 Å². The Bertz CT molecular complexity index is 1510. The van der Waals surface area contributed by atoms with Crippen molar-refractivity contribution in [2.75, 3.05) is 0 Å². The molecule has 0 aliphatic rings. The minimum atomic E-state index is -1.19. The zero-order valence-corrected chi connectivity index (χ0v) is 20.0. The molecule has 12 heteroatoms. The molecule has 2 aromatic carbocycles. The van der Waals surface area contributed by atoms with Crippen LogP contribution in [0.5, 0.6) is 23.0 Å². The highest BCUT2D eigenvalue weighted by Gasteiger charge is 2.25. The van der Waals surface area contributed by atoms with E-state index in [1.54, 1.807) is 0 Å². The molecular weight excluding hydrogens is 492 g/mol. The summed E-state index contributed by atoms with van der Waals surface area (Å²) in [4.78, 5) is 71.3. The number of rotatable bonds is 7. The van der Waals surface area contributed by atoms with Crippen LogP contribution >= 0.6 is 0 Å². The van der Waals surface area contributed by atoms with Crippen LogP contribution in [0.4, 0.5) is 0 Å². The number of fused-ring (bicyclic) bond motifs is 1. The highest BCUT2D eigenvalue weighted by atomic mass is 16.6. The van der Waals surface area contributed by atoms with E-state index >= 15 is 0 Å². The molecule has 0 fully saturated rings. The van der Waals surface area contributed by atoms with Crippen molar-refractivity contribution in [3.63, 3.8) is 0 Å². The molecule has 0 spiro atoms. The van der Waals surface area contributed by atoms with E-state index in [0.717, 1.165) is 33.8 Å². The van der Waals surface area contributed by atoms with Crippen molar-refractivity contribution in [1.29, 1.82) is 0 Å². The maximum Gasteiger partial charge on any atom is 0.308 e. The summed E-state index contributed by atoms with van der Waals surface area (Å²) in [6.07, 6.45) is -0.473. The van der Waals surface area contributed by atoms with E-state index in [1.165, 1.54) is 24.3 Å². The van der Waals surface area contributed by atoms with Crippen molar-refractivity contribution in [3.05, 3.63) is 46.1 Å². The Morgan fingerprint density at radius 3 is 1.95 bits per heavy atom. The topological polar surface area (TPSA) is 173 Å². The van der Waals surface area contributed by atoms with Crippen LogP contribution in [0.2, 0.25) is 0 Å². The lowest BCUT2D eigenvalue weighted by molar-refractivity contribution is -0.137. The van der Waals surface area contributed by atoms with Gasteiger partial charge in [0.15, 0.2) is 5.76 Å². The average Bonchev–Trinajstić information content (AvgIpc) is 2.74. The number of carboxylic acids is 1. The van der Waals surface area contributed by atoms with Crippen LogP contribution in [0.25, 0.3) is 22.3 Å². The van der Waals surface area contributed by atoms with Crippen LogP contribution in [0.3, 0.4) is 0 Å². The Balaban J connectivity index is 2.38. The number of carbonyl (C=O) groups excluding carboxylic acids is 4. The lowest BCUT2D eigenvalue weighted by Crippen LogP contribution is -2.15. The Kier molecular flexibility index (Phi) is 7.71. The summed E-state index contributed by atoms with van der Waals surface area (Å²) in [7, 11) is 0. The largest absolute Gasteiger partial charge is 0.481 e. The van der Waals surface area contributed by atoms with Gasteiger partial charge in [0, 0.05) is 51.0 Å². The van der Waals surface area contributed by atoms with Crippen molar-refractivity contribution < 1.29 is 52.4 Å². The minimum absolute atomic E-state index is 0.0764. The van der Waals surface area contributed by atoms with Crippen molar-refractivity contribution in [2.24, 2.45) is 0 Å². The summed E-state index contributed by atoms with van der Waals surface area (Å²) < 4.78 is 26.3. The normalized spacial score (nSPS) is 10.5. The fourth-order valence-corrected chi connectivity index (χ4v) is 3.38.